The van der Waals surface area contributed by atoms with E-state index in [1.165, 1.54) is 25.7 Å². The summed E-state index contributed by atoms with van der Waals surface area (Å²) in [7, 11) is 0. The molecule has 2 bridgehead atoms. The van der Waals surface area contributed by atoms with Crippen LogP contribution in [-0.4, -0.2) is 33.7 Å². The first-order valence-electron chi connectivity index (χ1n) is 11.6. The van der Waals surface area contributed by atoms with Crippen LogP contribution in [0.15, 0.2) is 47.3 Å². The van der Waals surface area contributed by atoms with E-state index >= 15 is 0 Å². The van der Waals surface area contributed by atoms with E-state index in [0.717, 1.165) is 50.0 Å². The van der Waals surface area contributed by atoms with Crippen LogP contribution in [0.3, 0.4) is 0 Å². The molecule has 1 aliphatic heterocycles. The first-order chi connectivity index (χ1) is 14.7. The van der Waals surface area contributed by atoms with Crippen LogP contribution in [0.1, 0.15) is 57.4 Å². The number of aromatic nitrogens is 2. The lowest BCUT2D eigenvalue weighted by molar-refractivity contribution is -0.142. The summed E-state index contributed by atoms with van der Waals surface area (Å²) < 4.78 is 1.75. The van der Waals surface area contributed by atoms with Gasteiger partial charge in [0.05, 0.1) is 11.7 Å². The maximum absolute atomic E-state index is 13.2. The number of carbonyl (C=O) groups excluding carboxylic acids is 1. The van der Waals surface area contributed by atoms with Crippen molar-refractivity contribution in [3.63, 3.8) is 0 Å². The number of fused-ring (bicyclic) bond motifs is 2. The Morgan fingerprint density at radius 1 is 0.833 bits per heavy atom. The van der Waals surface area contributed by atoms with Crippen molar-refractivity contribution in [2.24, 2.45) is 17.8 Å². The number of benzene rings is 1. The SMILES string of the molecule is O=C(C1CCCCC1)N1C[C@H]2CCC[C@@H](C1)C2n1nc(-c2ccccc2)ccc1=O. The Kier molecular flexibility index (Phi) is 5.45. The van der Waals surface area contributed by atoms with Gasteiger partial charge in [0.25, 0.3) is 5.56 Å². The first-order valence-corrected chi connectivity index (χ1v) is 11.6. The highest BCUT2D eigenvalue weighted by atomic mass is 16.2. The Bertz CT molecular complexity index is 934. The fourth-order valence-electron chi connectivity index (χ4n) is 6.00. The Balaban J connectivity index is 1.41. The molecule has 0 radical (unpaired) electrons. The molecule has 158 valence electrons. The van der Waals surface area contributed by atoms with Gasteiger partial charge in [-0.15, -0.1) is 0 Å². The number of carbonyl (C=O) groups is 1. The summed E-state index contributed by atoms with van der Waals surface area (Å²) >= 11 is 0. The number of nitrogens with zero attached hydrogens (tertiary/aromatic N) is 3. The van der Waals surface area contributed by atoms with Crippen LogP contribution in [-0.2, 0) is 4.79 Å². The van der Waals surface area contributed by atoms with Crippen LogP contribution >= 0.6 is 0 Å². The van der Waals surface area contributed by atoms with Gasteiger partial charge in [0.1, 0.15) is 0 Å². The van der Waals surface area contributed by atoms with E-state index in [0.29, 0.717) is 17.7 Å². The van der Waals surface area contributed by atoms with Crippen molar-refractivity contribution in [2.75, 3.05) is 13.1 Å². The third kappa shape index (κ3) is 3.70. The van der Waals surface area contributed by atoms with Gasteiger partial charge in [0.15, 0.2) is 0 Å². The molecule has 2 heterocycles. The number of hydrogen-bond acceptors (Lipinski definition) is 3. The molecule has 1 unspecified atom stereocenters. The largest absolute Gasteiger partial charge is 0.342 e. The van der Waals surface area contributed by atoms with Gasteiger partial charge in [-0.3, -0.25) is 9.59 Å². The van der Waals surface area contributed by atoms with Crippen molar-refractivity contribution >= 4 is 5.91 Å². The number of hydrogen-bond donors (Lipinski definition) is 0. The van der Waals surface area contributed by atoms with Gasteiger partial charge in [-0.1, -0.05) is 56.0 Å². The summed E-state index contributed by atoms with van der Waals surface area (Å²) in [4.78, 5) is 28.1. The van der Waals surface area contributed by atoms with Gasteiger partial charge < -0.3 is 4.90 Å². The molecule has 2 aliphatic carbocycles. The molecule has 1 saturated heterocycles. The predicted octanol–water partition coefficient (Wildman–Crippen LogP) is 4.29. The van der Waals surface area contributed by atoms with E-state index in [1.807, 2.05) is 36.4 Å². The van der Waals surface area contributed by atoms with Gasteiger partial charge in [-0.2, -0.15) is 5.10 Å². The van der Waals surface area contributed by atoms with Crippen molar-refractivity contribution in [3.05, 3.63) is 52.8 Å². The van der Waals surface area contributed by atoms with E-state index in [9.17, 15) is 9.59 Å². The Morgan fingerprint density at radius 3 is 2.23 bits per heavy atom. The van der Waals surface area contributed by atoms with Gasteiger partial charge in [0, 0.05) is 30.6 Å². The minimum absolute atomic E-state index is 0.0244. The molecule has 0 spiro atoms. The summed E-state index contributed by atoms with van der Waals surface area (Å²) in [5, 5.41) is 4.81. The van der Waals surface area contributed by atoms with Crippen LogP contribution in [0, 0.1) is 17.8 Å². The summed E-state index contributed by atoms with van der Waals surface area (Å²) in [5.74, 6) is 1.23. The monoisotopic (exact) mass is 405 g/mol. The molecule has 5 rings (SSSR count). The highest BCUT2D eigenvalue weighted by molar-refractivity contribution is 5.79. The maximum atomic E-state index is 13.2. The van der Waals surface area contributed by atoms with Crippen molar-refractivity contribution < 1.29 is 4.79 Å². The van der Waals surface area contributed by atoms with Crippen LogP contribution in [0.4, 0.5) is 0 Å². The third-order valence-electron chi connectivity index (χ3n) is 7.47. The molecule has 1 aromatic carbocycles. The van der Waals surface area contributed by atoms with Crippen molar-refractivity contribution in [1.29, 1.82) is 0 Å². The highest BCUT2D eigenvalue weighted by Gasteiger charge is 2.43. The lowest BCUT2D eigenvalue weighted by Gasteiger charge is -2.48. The molecule has 30 heavy (non-hydrogen) atoms. The van der Waals surface area contributed by atoms with Crippen molar-refractivity contribution in [3.8, 4) is 11.3 Å². The summed E-state index contributed by atoms with van der Waals surface area (Å²) in [6.45, 7) is 1.56. The second kappa shape index (κ2) is 8.37. The quantitative estimate of drug-likeness (QED) is 0.765. The van der Waals surface area contributed by atoms with Gasteiger partial charge in [-0.25, -0.2) is 4.68 Å². The standard InChI is InChI=1S/C25H31N3O2/c29-23-15-14-22(18-8-3-1-4-9-18)26-28(23)24-20-12-7-13-21(24)17-27(16-20)25(30)19-10-5-2-6-11-19/h1,3-4,8-9,14-15,19-21,24H,2,5-7,10-13,16-17H2/t20-,21+,24?. The lowest BCUT2D eigenvalue weighted by Crippen LogP contribution is -2.54. The topological polar surface area (TPSA) is 55.2 Å². The number of amides is 1. The fraction of sp³-hybridized carbons (Fsp3) is 0.560. The fourth-order valence-corrected chi connectivity index (χ4v) is 6.00. The minimum atomic E-state index is -0.0244. The third-order valence-corrected chi connectivity index (χ3v) is 7.47. The molecule has 2 saturated carbocycles. The average molecular weight is 406 g/mol. The second-order valence-corrected chi connectivity index (χ2v) is 9.39. The lowest BCUT2D eigenvalue weighted by atomic mass is 9.73. The zero-order chi connectivity index (χ0) is 20.5. The van der Waals surface area contributed by atoms with E-state index in [1.54, 1.807) is 10.7 Å². The molecule has 3 fully saturated rings. The molecular formula is C25H31N3O2. The van der Waals surface area contributed by atoms with E-state index in [-0.39, 0.29) is 17.5 Å². The van der Waals surface area contributed by atoms with Gasteiger partial charge >= 0.3 is 0 Å². The number of piperidine rings is 1. The molecule has 5 heteroatoms. The molecule has 1 aromatic heterocycles. The predicted molar refractivity (Wildman–Crippen MR) is 117 cm³/mol. The van der Waals surface area contributed by atoms with E-state index in [2.05, 4.69) is 4.90 Å². The first kappa shape index (κ1) is 19.5. The molecule has 5 nitrogen and oxygen atoms in total. The van der Waals surface area contributed by atoms with Gasteiger partial charge in [-0.05, 0) is 43.6 Å². The second-order valence-electron chi connectivity index (χ2n) is 9.39. The molecule has 1 amide bonds. The van der Waals surface area contributed by atoms with Crippen LogP contribution < -0.4 is 5.56 Å². The summed E-state index contributed by atoms with van der Waals surface area (Å²) in [6, 6.07) is 13.6. The zero-order valence-corrected chi connectivity index (χ0v) is 17.6. The number of likely N-dealkylation sites (tertiary alicyclic amines) is 1. The molecule has 0 N–H and O–H groups in total. The van der Waals surface area contributed by atoms with E-state index < -0.39 is 0 Å². The number of rotatable bonds is 3. The molecular weight excluding hydrogens is 374 g/mol. The minimum Gasteiger partial charge on any atom is -0.342 e. The van der Waals surface area contributed by atoms with Gasteiger partial charge in [0.2, 0.25) is 5.91 Å². The Morgan fingerprint density at radius 2 is 1.53 bits per heavy atom. The average Bonchev–Trinajstić information content (AvgIpc) is 2.79. The maximum Gasteiger partial charge on any atom is 0.267 e. The zero-order valence-electron chi connectivity index (χ0n) is 17.6. The molecule has 2 aromatic rings. The normalized spacial score (nSPS) is 27.1. The Labute approximate surface area is 178 Å². The van der Waals surface area contributed by atoms with Crippen LogP contribution in [0.2, 0.25) is 0 Å². The van der Waals surface area contributed by atoms with Crippen LogP contribution in [0.5, 0.6) is 0 Å². The summed E-state index contributed by atoms with van der Waals surface area (Å²) in [6.07, 6.45) is 9.06. The van der Waals surface area contributed by atoms with E-state index in [4.69, 9.17) is 5.10 Å². The Hall–Kier alpha value is -2.43. The molecule has 3 atom stereocenters. The van der Waals surface area contributed by atoms with Crippen molar-refractivity contribution in [1.82, 2.24) is 14.7 Å². The molecule has 3 aliphatic rings. The smallest absolute Gasteiger partial charge is 0.267 e. The summed E-state index contributed by atoms with van der Waals surface area (Å²) in [5.41, 5.74) is 1.85. The van der Waals surface area contributed by atoms with Crippen LogP contribution in [0.25, 0.3) is 11.3 Å². The van der Waals surface area contributed by atoms with Crippen molar-refractivity contribution in [2.45, 2.75) is 57.4 Å². The highest BCUT2D eigenvalue weighted by Crippen LogP contribution is 2.43.